The van der Waals surface area contributed by atoms with Crippen LogP contribution in [0, 0.1) is 5.92 Å². The summed E-state index contributed by atoms with van der Waals surface area (Å²) in [5.74, 6) is 0.159. The second-order valence-corrected chi connectivity index (χ2v) is 4.91. The van der Waals surface area contributed by atoms with Gasteiger partial charge in [0.15, 0.2) is 5.78 Å². The zero-order valence-electron chi connectivity index (χ0n) is 9.31. The van der Waals surface area contributed by atoms with Crippen molar-refractivity contribution in [2.24, 2.45) is 5.92 Å². The van der Waals surface area contributed by atoms with E-state index >= 15 is 0 Å². The Labute approximate surface area is 99.0 Å². The molecule has 0 saturated heterocycles. The average molecular weight is 231 g/mol. The molecule has 0 N–H and O–H groups in total. The van der Waals surface area contributed by atoms with Gasteiger partial charge in [0.05, 0.1) is 0 Å². The van der Waals surface area contributed by atoms with E-state index in [0.717, 1.165) is 10.4 Å². The van der Waals surface area contributed by atoms with Crippen molar-refractivity contribution in [1.29, 1.82) is 0 Å². The predicted molar refractivity (Wildman–Crippen MR) is 66.7 cm³/mol. The second-order valence-electron chi connectivity index (χ2n) is 3.96. The van der Waals surface area contributed by atoms with E-state index in [4.69, 9.17) is 0 Å². The zero-order chi connectivity index (χ0) is 11.5. The van der Waals surface area contributed by atoms with Crippen molar-refractivity contribution in [3.05, 3.63) is 41.5 Å². The molecule has 0 saturated carbocycles. The van der Waals surface area contributed by atoms with Crippen LogP contribution in [0.25, 0.3) is 10.4 Å². The summed E-state index contributed by atoms with van der Waals surface area (Å²) in [6.07, 6.45) is 3.43. The summed E-state index contributed by atoms with van der Waals surface area (Å²) in [6.45, 7) is 3.81. The summed E-state index contributed by atoms with van der Waals surface area (Å²) in [4.78, 5) is 17.1. The first-order valence-electron chi connectivity index (χ1n) is 5.21. The molecule has 0 aliphatic rings. The van der Waals surface area contributed by atoms with Crippen molar-refractivity contribution in [2.45, 2.75) is 13.8 Å². The van der Waals surface area contributed by atoms with E-state index in [1.807, 2.05) is 37.4 Å². The molecule has 2 heterocycles. The number of hydrogen-bond acceptors (Lipinski definition) is 3. The van der Waals surface area contributed by atoms with Crippen molar-refractivity contribution < 1.29 is 4.79 Å². The van der Waals surface area contributed by atoms with Crippen LogP contribution in [0.4, 0.5) is 0 Å². The minimum Gasteiger partial charge on any atom is -0.294 e. The summed E-state index contributed by atoms with van der Waals surface area (Å²) in [5.41, 5.74) is 1.71. The second kappa shape index (κ2) is 4.58. The molecular weight excluding hydrogens is 218 g/mol. The number of thiophene rings is 1. The van der Waals surface area contributed by atoms with Crippen LogP contribution in [0.1, 0.15) is 24.2 Å². The standard InChI is InChI=1S/C13H13NOS/c1-9(2)13(15)11-6-10(7-14-8-11)12-4-3-5-16-12/h3-9H,1-2H3. The SMILES string of the molecule is CC(C)C(=O)c1cncc(-c2cccs2)c1. The summed E-state index contributed by atoms with van der Waals surface area (Å²) in [7, 11) is 0. The summed E-state index contributed by atoms with van der Waals surface area (Å²) >= 11 is 1.65. The van der Waals surface area contributed by atoms with Crippen molar-refractivity contribution >= 4 is 17.1 Å². The molecule has 0 unspecified atom stereocenters. The molecule has 0 atom stereocenters. The molecule has 0 amide bonds. The number of nitrogens with zero attached hydrogens (tertiary/aromatic N) is 1. The van der Waals surface area contributed by atoms with Gasteiger partial charge in [0.25, 0.3) is 0 Å². The molecule has 0 aliphatic carbocycles. The lowest BCUT2D eigenvalue weighted by atomic mass is 10.0. The van der Waals surface area contributed by atoms with Gasteiger partial charge in [-0.2, -0.15) is 0 Å². The Morgan fingerprint density at radius 1 is 1.38 bits per heavy atom. The van der Waals surface area contributed by atoms with Crippen LogP contribution in [-0.4, -0.2) is 10.8 Å². The summed E-state index contributed by atoms with van der Waals surface area (Å²) < 4.78 is 0. The van der Waals surface area contributed by atoms with E-state index in [0.29, 0.717) is 5.56 Å². The number of carbonyl (C=O) groups excluding carboxylic acids is 1. The Morgan fingerprint density at radius 3 is 2.81 bits per heavy atom. The highest BCUT2D eigenvalue weighted by molar-refractivity contribution is 7.13. The van der Waals surface area contributed by atoms with E-state index in [9.17, 15) is 4.79 Å². The van der Waals surface area contributed by atoms with Gasteiger partial charge in [0.2, 0.25) is 0 Å². The number of rotatable bonds is 3. The third-order valence-electron chi connectivity index (χ3n) is 2.35. The van der Waals surface area contributed by atoms with Crippen LogP contribution in [0.3, 0.4) is 0 Å². The lowest BCUT2D eigenvalue weighted by molar-refractivity contribution is 0.0939. The molecule has 0 fully saturated rings. The molecule has 0 bridgehead atoms. The first-order valence-corrected chi connectivity index (χ1v) is 6.09. The highest BCUT2D eigenvalue weighted by Gasteiger charge is 2.11. The van der Waals surface area contributed by atoms with Crippen molar-refractivity contribution in [2.75, 3.05) is 0 Å². The Bertz CT molecular complexity index is 488. The molecule has 2 rings (SSSR count). The normalized spacial score (nSPS) is 10.7. The Balaban J connectivity index is 2.37. The van der Waals surface area contributed by atoms with E-state index in [-0.39, 0.29) is 11.7 Å². The van der Waals surface area contributed by atoms with Gasteiger partial charge in [-0.25, -0.2) is 0 Å². The number of ketones is 1. The number of carbonyl (C=O) groups is 1. The van der Waals surface area contributed by atoms with Crippen LogP contribution in [-0.2, 0) is 0 Å². The van der Waals surface area contributed by atoms with Gasteiger partial charge in [-0.1, -0.05) is 19.9 Å². The Morgan fingerprint density at radius 2 is 2.19 bits per heavy atom. The summed E-state index contributed by atoms with van der Waals surface area (Å²) in [5, 5.41) is 2.02. The molecule has 2 aromatic heterocycles. The van der Waals surface area contributed by atoms with E-state index in [2.05, 4.69) is 4.98 Å². The van der Waals surface area contributed by atoms with Gasteiger partial charge >= 0.3 is 0 Å². The Hall–Kier alpha value is -1.48. The summed E-state index contributed by atoms with van der Waals surface area (Å²) in [6, 6.07) is 5.95. The largest absolute Gasteiger partial charge is 0.294 e. The van der Waals surface area contributed by atoms with E-state index < -0.39 is 0 Å². The molecule has 0 spiro atoms. The van der Waals surface area contributed by atoms with Gasteiger partial charge < -0.3 is 0 Å². The molecule has 2 nitrogen and oxygen atoms in total. The quantitative estimate of drug-likeness (QED) is 0.755. The maximum absolute atomic E-state index is 11.8. The number of hydrogen-bond donors (Lipinski definition) is 0. The molecule has 0 radical (unpaired) electrons. The van der Waals surface area contributed by atoms with Gasteiger partial charge in [-0.15, -0.1) is 11.3 Å². The van der Waals surface area contributed by atoms with E-state index in [1.165, 1.54) is 0 Å². The molecule has 2 aromatic rings. The predicted octanol–water partition coefficient (Wildman–Crippen LogP) is 3.65. The van der Waals surface area contributed by atoms with Crippen LogP contribution in [0.5, 0.6) is 0 Å². The van der Waals surface area contributed by atoms with Crippen LogP contribution in [0.15, 0.2) is 36.0 Å². The highest BCUT2D eigenvalue weighted by Crippen LogP contribution is 2.24. The Kier molecular flexibility index (Phi) is 3.15. The smallest absolute Gasteiger partial charge is 0.166 e. The number of aromatic nitrogens is 1. The van der Waals surface area contributed by atoms with Crippen LogP contribution < -0.4 is 0 Å². The van der Waals surface area contributed by atoms with Gasteiger partial charge in [0.1, 0.15) is 0 Å². The van der Waals surface area contributed by atoms with Gasteiger partial charge in [0, 0.05) is 34.3 Å². The fraction of sp³-hybridized carbons (Fsp3) is 0.231. The van der Waals surface area contributed by atoms with Crippen molar-refractivity contribution in [1.82, 2.24) is 4.98 Å². The van der Waals surface area contributed by atoms with Gasteiger partial charge in [-0.3, -0.25) is 9.78 Å². The molecule has 0 aromatic carbocycles. The zero-order valence-corrected chi connectivity index (χ0v) is 10.1. The van der Waals surface area contributed by atoms with Gasteiger partial charge in [-0.05, 0) is 17.5 Å². The number of pyridine rings is 1. The van der Waals surface area contributed by atoms with Crippen LogP contribution >= 0.6 is 11.3 Å². The first-order chi connectivity index (χ1) is 7.68. The van der Waals surface area contributed by atoms with Crippen molar-refractivity contribution in [3.8, 4) is 10.4 Å². The first kappa shape index (κ1) is 11.0. The average Bonchev–Trinajstić information content (AvgIpc) is 2.81. The molecular formula is C13H13NOS. The fourth-order valence-corrected chi connectivity index (χ4v) is 2.19. The maximum Gasteiger partial charge on any atom is 0.166 e. The fourth-order valence-electron chi connectivity index (χ4n) is 1.49. The minimum atomic E-state index is 0.0142. The minimum absolute atomic E-state index is 0.0142. The molecule has 82 valence electrons. The lowest BCUT2D eigenvalue weighted by Gasteiger charge is -2.05. The van der Waals surface area contributed by atoms with Crippen molar-refractivity contribution in [3.63, 3.8) is 0 Å². The monoisotopic (exact) mass is 231 g/mol. The lowest BCUT2D eigenvalue weighted by Crippen LogP contribution is -2.07. The number of Topliss-reactive ketones (excluding diaryl/α,β-unsaturated/α-hetero) is 1. The van der Waals surface area contributed by atoms with E-state index in [1.54, 1.807) is 23.7 Å². The third-order valence-corrected chi connectivity index (χ3v) is 3.27. The molecule has 16 heavy (non-hydrogen) atoms. The molecule has 0 aliphatic heterocycles. The topological polar surface area (TPSA) is 30.0 Å². The third kappa shape index (κ3) is 2.19. The maximum atomic E-state index is 11.8. The van der Waals surface area contributed by atoms with Crippen LogP contribution in [0.2, 0.25) is 0 Å². The highest BCUT2D eigenvalue weighted by atomic mass is 32.1. The molecule has 3 heteroatoms.